The molecular weight excluding hydrogens is 270 g/mol. The van der Waals surface area contributed by atoms with Gasteiger partial charge in [-0.05, 0) is 41.0 Å². The van der Waals surface area contributed by atoms with E-state index in [2.05, 4.69) is 10.4 Å². The van der Waals surface area contributed by atoms with Gasteiger partial charge in [0.1, 0.15) is 6.04 Å². The molecule has 1 heterocycles. The molecule has 1 unspecified atom stereocenters. The number of allylic oxidation sites excluding steroid dienone is 1. The topological polar surface area (TPSA) is 84.2 Å². The fourth-order valence-electron chi connectivity index (χ4n) is 2.04. The molecule has 0 aliphatic heterocycles. The molecule has 116 valence electrons. The highest BCUT2D eigenvalue weighted by molar-refractivity contribution is 5.97. The number of carboxylic acid groups (broad SMARTS) is 1. The minimum absolute atomic E-state index is 0.236. The first-order valence-corrected chi connectivity index (χ1v) is 6.88. The molecule has 0 aliphatic carbocycles. The molecule has 1 atom stereocenters. The third-order valence-electron chi connectivity index (χ3n) is 3.10. The van der Waals surface area contributed by atoms with Gasteiger partial charge in [0.15, 0.2) is 0 Å². The number of aliphatic carboxylic acids is 1. The fourth-order valence-corrected chi connectivity index (χ4v) is 2.04. The van der Waals surface area contributed by atoms with E-state index in [9.17, 15) is 9.59 Å². The fraction of sp³-hybridized carbons (Fsp3) is 0.533. The number of aromatic nitrogens is 2. The molecule has 0 spiro atoms. The van der Waals surface area contributed by atoms with Crippen molar-refractivity contribution >= 4 is 11.9 Å². The third kappa shape index (κ3) is 4.18. The highest BCUT2D eigenvalue weighted by Crippen LogP contribution is 2.18. The summed E-state index contributed by atoms with van der Waals surface area (Å²) in [7, 11) is 0. The Morgan fingerprint density at radius 2 is 2.10 bits per heavy atom. The van der Waals surface area contributed by atoms with Crippen molar-refractivity contribution in [3.8, 4) is 0 Å². The van der Waals surface area contributed by atoms with Crippen molar-refractivity contribution in [1.82, 2.24) is 15.1 Å². The molecule has 0 saturated heterocycles. The van der Waals surface area contributed by atoms with E-state index < -0.39 is 17.9 Å². The van der Waals surface area contributed by atoms with Gasteiger partial charge in [0, 0.05) is 5.69 Å². The average Bonchev–Trinajstić information content (AvgIpc) is 2.75. The zero-order chi connectivity index (χ0) is 16.2. The Labute approximate surface area is 124 Å². The summed E-state index contributed by atoms with van der Waals surface area (Å²) in [6, 6.07) is -0.939. The molecule has 0 fully saturated rings. The van der Waals surface area contributed by atoms with E-state index in [4.69, 9.17) is 5.11 Å². The van der Waals surface area contributed by atoms with Crippen LogP contribution in [0.1, 0.15) is 50.2 Å². The van der Waals surface area contributed by atoms with E-state index in [-0.39, 0.29) is 12.0 Å². The molecule has 21 heavy (non-hydrogen) atoms. The highest BCUT2D eigenvalue weighted by Gasteiger charge is 2.24. The summed E-state index contributed by atoms with van der Waals surface area (Å²) < 4.78 is 1.75. The van der Waals surface area contributed by atoms with E-state index in [0.717, 1.165) is 5.69 Å². The van der Waals surface area contributed by atoms with Crippen molar-refractivity contribution in [2.45, 2.75) is 52.6 Å². The van der Waals surface area contributed by atoms with Gasteiger partial charge in [0.05, 0.1) is 17.3 Å². The second-order valence-corrected chi connectivity index (χ2v) is 5.90. The predicted molar refractivity (Wildman–Crippen MR) is 80.3 cm³/mol. The Morgan fingerprint density at radius 1 is 1.48 bits per heavy atom. The third-order valence-corrected chi connectivity index (χ3v) is 3.10. The van der Waals surface area contributed by atoms with Gasteiger partial charge in [0.25, 0.3) is 5.91 Å². The Hall–Kier alpha value is -2.11. The van der Waals surface area contributed by atoms with E-state index in [0.29, 0.717) is 5.56 Å². The minimum Gasteiger partial charge on any atom is -0.480 e. The van der Waals surface area contributed by atoms with Crippen molar-refractivity contribution in [2.24, 2.45) is 0 Å². The lowest BCUT2D eigenvalue weighted by atomic mass is 10.1. The summed E-state index contributed by atoms with van der Waals surface area (Å²) in [4.78, 5) is 23.4. The molecule has 0 aliphatic rings. The van der Waals surface area contributed by atoms with Crippen molar-refractivity contribution in [2.75, 3.05) is 0 Å². The van der Waals surface area contributed by atoms with Crippen molar-refractivity contribution in [3.05, 3.63) is 29.6 Å². The van der Waals surface area contributed by atoms with Gasteiger partial charge >= 0.3 is 5.97 Å². The Kier molecular flexibility index (Phi) is 5.29. The summed E-state index contributed by atoms with van der Waals surface area (Å²) in [6.07, 6.45) is 5.20. The van der Waals surface area contributed by atoms with Crippen LogP contribution in [0.5, 0.6) is 0 Å². The van der Waals surface area contributed by atoms with E-state index in [1.807, 2.05) is 20.8 Å². The quantitative estimate of drug-likeness (QED) is 0.814. The van der Waals surface area contributed by atoms with Crippen molar-refractivity contribution in [3.63, 3.8) is 0 Å². The standard InChI is InChI=1S/C15H23N3O3/c1-6-7-8-12(14(20)21)17-13(19)11-9-16-18(10(11)2)15(3,4)5/h6-7,9,12H,8H2,1-5H3,(H,17,19)(H,20,21)/b7-6+. The van der Waals surface area contributed by atoms with E-state index in [1.165, 1.54) is 6.20 Å². The first-order valence-electron chi connectivity index (χ1n) is 6.88. The SMILES string of the molecule is C/C=C/CC(NC(=O)c1cnn(C(C)(C)C)c1C)C(=O)O. The van der Waals surface area contributed by atoms with Crippen LogP contribution < -0.4 is 5.32 Å². The predicted octanol–water partition coefficient (Wildman–Crippen LogP) is 2.10. The number of carbonyl (C=O) groups is 2. The maximum atomic E-state index is 12.2. The summed E-state index contributed by atoms with van der Waals surface area (Å²) in [5, 5.41) is 15.9. The maximum absolute atomic E-state index is 12.2. The Balaban J connectivity index is 2.94. The van der Waals surface area contributed by atoms with Crippen LogP contribution in [0.15, 0.2) is 18.3 Å². The number of nitrogens with zero attached hydrogens (tertiary/aromatic N) is 2. The molecule has 6 heteroatoms. The molecule has 2 N–H and O–H groups in total. The molecule has 1 aromatic rings. The molecular formula is C15H23N3O3. The largest absolute Gasteiger partial charge is 0.480 e. The first kappa shape index (κ1) is 16.9. The molecule has 1 rings (SSSR count). The summed E-state index contributed by atoms with van der Waals surface area (Å²) in [5.41, 5.74) is 0.881. The number of carbonyl (C=O) groups excluding carboxylic acids is 1. The molecule has 0 radical (unpaired) electrons. The van der Waals surface area contributed by atoms with Gasteiger partial charge in [-0.15, -0.1) is 0 Å². The molecule has 6 nitrogen and oxygen atoms in total. The smallest absolute Gasteiger partial charge is 0.326 e. The Morgan fingerprint density at radius 3 is 2.52 bits per heavy atom. The van der Waals surface area contributed by atoms with E-state index >= 15 is 0 Å². The lowest BCUT2D eigenvalue weighted by molar-refractivity contribution is -0.139. The van der Waals surface area contributed by atoms with Gasteiger partial charge < -0.3 is 10.4 Å². The minimum atomic E-state index is -1.05. The monoisotopic (exact) mass is 293 g/mol. The van der Waals surface area contributed by atoms with Gasteiger partial charge in [-0.25, -0.2) is 4.79 Å². The second kappa shape index (κ2) is 6.56. The summed E-state index contributed by atoms with van der Waals surface area (Å²) >= 11 is 0. The number of rotatable bonds is 5. The Bertz CT molecular complexity index is 553. The van der Waals surface area contributed by atoms with Gasteiger partial charge in [0.2, 0.25) is 0 Å². The van der Waals surface area contributed by atoms with Crippen LogP contribution in [-0.2, 0) is 10.3 Å². The number of hydrogen-bond donors (Lipinski definition) is 2. The van der Waals surface area contributed by atoms with Crippen molar-refractivity contribution in [1.29, 1.82) is 0 Å². The second-order valence-electron chi connectivity index (χ2n) is 5.90. The van der Waals surface area contributed by atoms with Crippen LogP contribution in [0.3, 0.4) is 0 Å². The normalized spacial score (nSPS) is 13.4. The van der Waals surface area contributed by atoms with Crippen LogP contribution in [0.25, 0.3) is 0 Å². The van der Waals surface area contributed by atoms with Gasteiger partial charge in [-0.3, -0.25) is 9.48 Å². The maximum Gasteiger partial charge on any atom is 0.326 e. The number of carboxylic acids is 1. The van der Waals surface area contributed by atoms with Gasteiger partial charge in [-0.1, -0.05) is 12.2 Å². The van der Waals surface area contributed by atoms with Crippen LogP contribution in [0, 0.1) is 6.92 Å². The zero-order valence-corrected chi connectivity index (χ0v) is 13.2. The number of hydrogen-bond acceptors (Lipinski definition) is 3. The van der Waals surface area contributed by atoms with Crippen LogP contribution in [0.4, 0.5) is 0 Å². The first-order chi connectivity index (χ1) is 9.68. The molecule has 0 bridgehead atoms. The molecule has 0 aromatic carbocycles. The van der Waals surface area contributed by atoms with Crippen LogP contribution in [-0.4, -0.2) is 32.8 Å². The van der Waals surface area contributed by atoms with Gasteiger partial charge in [-0.2, -0.15) is 5.10 Å². The van der Waals surface area contributed by atoms with Crippen molar-refractivity contribution < 1.29 is 14.7 Å². The number of amides is 1. The van der Waals surface area contributed by atoms with Crippen LogP contribution >= 0.6 is 0 Å². The average molecular weight is 293 g/mol. The molecule has 0 saturated carbocycles. The summed E-state index contributed by atoms with van der Waals surface area (Å²) in [5.74, 6) is -1.47. The molecule has 1 amide bonds. The zero-order valence-electron chi connectivity index (χ0n) is 13.2. The number of nitrogens with one attached hydrogen (secondary N) is 1. The van der Waals surface area contributed by atoms with Crippen LogP contribution in [0.2, 0.25) is 0 Å². The molecule has 1 aromatic heterocycles. The summed E-state index contributed by atoms with van der Waals surface area (Å²) in [6.45, 7) is 9.56. The highest BCUT2D eigenvalue weighted by atomic mass is 16.4. The lowest BCUT2D eigenvalue weighted by Gasteiger charge is -2.21. The van der Waals surface area contributed by atoms with E-state index in [1.54, 1.807) is 30.7 Å². The lowest BCUT2D eigenvalue weighted by Crippen LogP contribution is -2.40.